The van der Waals surface area contributed by atoms with E-state index >= 15 is 0 Å². The van der Waals surface area contributed by atoms with Gasteiger partial charge in [0.05, 0.1) is 0 Å². The van der Waals surface area contributed by atoms with Crippen LogP contribution in [0.5, 0.6) is 0 Å². The second-order valence-corrected chi connectivity index (χ2v) is 6.91. The standard InChI is InChI=1S/C22H28N4O.HI/c1-4-16(2)25-21(27)19-10-7-8-17(14-19)15-24-22(23-3)26-13-12-18-9-5-6-11-20(18)26;/h5-11,14,16H,4,12-13,15H2,1-3H3,(H,23,24)(H,25,27);1H. The molecule has 28 heavy (non-hydrogen) atoms. The molecule has 0 aromatic heterocycles. The second kappa shape index (κ2) is 10.5. The van der Waals surface area contributed by atoms with Crippen LogP contribution in [-0.4, -0.2) is 31.5 Å². The van der Waals surface area contributed by atoms with E-state index in [0.29, 0.717) is 12.1 Å². The fourth-order valence-electron chi connectivity index (χ4n) is 3.27. The van der Waals surface area contributed by atoms with Crippen LogP contribution in [0.4, 0.5) is 5.69 Å². The van der Waals surface area contributed by atoms with Gasteiger partial charge in [-0.3, -0.25) is 9.79 Å². The van der Waals surface area contributed by atoms with Crippen molar-refractivity contribution in [3.05, 3.63) is 65.2 Å². The number of hydrogen-bond acceptors (Lipinski definition) is 2. The van der Waals surface area contributed by atoms with Crippen molar-refractivity contribution in [3.63, 3.8) is 0 Å². The highest BCUT2D eigenvalue weighted by atomic mass is 127. The van der Waals surface area contributed by atoms with Crippen LogP contribution in [0.2, 0.25) is 0 Å². The molecule has 0 saturated heterocycles. The first-order chi connectivity index (χ1) is 13.1. The summed E-state index contributed by atoms with van der Waals surface area (Å²) in [6, 6.07) is 16.4. The zero-order valence-corrected chi connectivity index (χ0v) is 19.1. The largest absolute Gasteiger partial charge is 0.352 e. The van der Waals surface area contributed by atoms with Crippen LogP contribution < -0.4 is 15.5 Å². The molecular formula is C22H29IN4O. The quantitative estimate of drug-likeness (QED) is 0.378. The molecule has 1 unspecified atom stereocenters. The SMILES string of the molecule is CCC(C)NC(=O)c1cccc(CNC(=NC)N2CCc3ccccc32)c1.I. The number of guanidine groups is 1. The van der Waals surface area contributed by atoms with Gasteiger partial charge in [-0.2, -0.15) is 0 Å². The minimum absolute atomic E-state index is 0. The van der Waals surface area contributed by atoms with Crippen LogP contribution in [0, 0.1) is 0 Å². The van der Waals surface area contributed by atoms with Crippen LogP contribution in [0.3, 0.4) is 0 Å². The summed E-state index contributed by atoms with van der Waals surface area (Å²) in [7, 11) is 1.80. The Balaban J connectivity index is 0.00000280. The van der Waals surface area contributed by atoms with E-state index in [2.05, 4.69) is 51.7 Å². The number of anilines is 1. The summed E-state index contributed by atoms with van der Waals surface area (Å²) in [4.78, 5) is 19.0. The van der Waals surface area contributed by atoms with Crippen LogP contribution >= 0.6 is 24.0 Å². The molecule has 1 heterocycles. The number of benzene rings is 2. The zero-order chi connectivity index (χ0) is 19.2. The van der Waals surface area contributed by atoms with Gasteiger partial charge in [-0.1, -0.05) is 37.3 Å². The third-order valence-corrected chi connectivity index (χ3v) is 4.98. The minimum Gasteiger partial charge on any atom is -0.352 e. The molecule has 150 valence electrons. The van der Waals surface area contributed by atoms with Crippen molar-refractivity contribution in [2.24, 2.45) is 4.99 Å². The third kappa shape index (κ3) is 5.25. The minimum atomic E-state index is -0.0240. The van der Waals surface area contributed by atoms with Crippen LogP contribution in [-0.2, 0) is 13.0 Å². The number of hydrogen-bond donors (Lipinski definition) is 2. The maximum atomic E-state index is 12.3. The Hall–Kier alpha value is -2.09. The summed E-state index contributed by atoms with van der Waals surface area (Å²) in [6.45, 7) is 5.63. The number of para-hydroxylation sites is 1. The van der Waals surface area contributed by atoms with Crippen molar-refractivity contribution in [3.8, 4) is 0 Å². The number of carbonyl (C=O) groups is 1. The molecule has 1 atom stereocenters. The zero-order valence-electron chi connectivity index (χ0n) is 16.7. The molecule has 0 fully saturated rings. The Morgan fingerprint density at radius 2 is 2.00 bits per heavy atom. The number of nitrogens with zero attached hydrogens (tertiary/aromatic N) is 2. The lowest BCUT2D eigenvalue weighted by Gasteiger charge is -2.22. The molecule has 3 rings (SSSR count). The molecule has 0 aliphatic carbocycles. The highest BCUT2D eigenvalue weighted by Crippen LogP contribution is 2.27. The average molecular weight is 492 g/mol. The molecule has 0 spiro atoms. The summed E-state index contributed by atoms with van der Waals surface area (Å²) in [5.41, 5.74) is 4.31. The molecule has 5 nitrogen and oxygen atoms in total. The van der Waals surface area contributed by atoms with E-state index in [4.69, 9.17) is 0 Å². The number of nitrogens with one attached hydrogen (secondary N) is 2. The van der Waals surface area contributed by atoms with E-state index < -0.39 is 0 Å². The van der Waals surface area contributed by atoms with Gasteiger partial charge in [0.25, 0.3) is 5.91 Å². The molecule has 6 heteroatoms. The summed E-state index contributed by atoms with van der Waals surface area (Å²) >= 11 is 0. The topological polar surface area (TPSA) is 56.7 Å². The van der Waals surface area contributed by atoms with Crippen LogP contribution in [0.1, 0.15) is 41.8 Å². The first kappa shape index (κ1) is 22.2. The fraction of sp³-hybridized carbons (Fsp3) is 0.364. The lowest BCUT2D eigenvalue weighted by atomic mass is 10.1. The van der Waals surface area contributed by atoms with E-state index in [-0.39, 0.29) is 35.9 Å². The van der Waals surface area contributed by atoms with Crippen LogP contribution in [0.25, 0.3) is 0 Å². The molecule has 1 amide bonds. The van der Waals surface area contributed by atoms with E-state index in [1.807, 2.05) is 31.2 Å². The number of rotatable bonds is 5. The second-order valence-electron chi connectivity index (χ2n) is 6.91. The van der Waals surface area contributed by atoms with Crippen molar-refractivity contribution in [2.75, 3.05) is 18.5 Å². The predicted molar refractivity (Wildman–Crippen MR) is 127 cm³/mol. The molecule has 2 aromatic rings. The van der Waals surface area contributed by atoms with Crippen molar-refractivity contribution in [1.29, 1.82) is 0 Å². The summed E-state index contributed by atoms with van der Waals surface area (Å²) in [6.07, 6.45) is 1.95. The fourth-order valence-corrected chi connectivity index (χ4v) is 3.27. The Bertz CT molecular complexity index is 837. The van der Waals surface area contributed by atoms with E-state index in [9.17, 15) is 4.79 Å². The number of amides is 1. The number of halogens is 1. The predicted octanol–water partition coefficient (Wildman–Crippen LogP) is 3.97. The van der Waals surface area contributed by atoms with Gasteiger partial charge in [0.2, 0.25) is 0 Å². The molecule has 2 aromatic carbocycles. The lowest BCUT2D eigenvalue weighted by Crippen LogP contribution is -2.40. The van der Waals surface area contributed by atoms with Gasteiger partial charge in [-0.15, -0.1) is 24.0 Å². The number of aliphatic imine (C=N–C) groups is 1. The highest BCUT2D eigenvalue weighted by Gasteiger charge is 2.22. The Morgan fingerprint density at radius 1 is 1.21 bits per heavy atom. The van der Waals surface area contributed by atoms with E-state index in [1.54, 1.807) is 7.05 Å². The van der Waals surface area contributed by atoms with Gasteiger partial charge >= 0.3 is 0 Å². The van der Waals surface area contributed by atoms with Gasteiger partial charge in [-0.05, 0) is 49.1 Å². The van der Waals surface area contributed by atoms with Gasteiger partial charge in [0, 0.05) is 37.4 Å². The number of carbonyl (C=O) groups excluding carboxylic acids is 1. The van der Waals surface area contributed by atoms with Crippen molar-refractivity contribution in [1.82, 2.24) is 10.6 Å². The molecule has 0 bridgehead atoms. The lowest BCUT2D eigenvalue weighted by molar-refractivity contribution is 0.0939. The van der Waals surface area contributed by atoms with Crippen molar-refractivity contribution >= 4 is 41.5 Å². The van der Waals surface area contributed by atoms with Gasteiger partial charge < -0.3 is 15.5 Å². The normalized spacial score (nSPS) is 14.1. The van der Waals surface area contributed by atoms with Crippen molar-refractivity contribution in [2.45, 2.75) is 39.3 Å². The summed E-state index contributed by atoms with van der Waals surface area (Å²) in [5, 5.41) is 6.44. The molecule has 1 aliphatic heterocycles. The van der Waals surface area contributed by atoms with Gasteiger partial charge in [0.15, 0.2) is 5.96 Å². The van der Waals surface area contributed by atoms with Crippen molar-refractivity contribution < 1.29 is 4.79 Å². The maximum Gasteiger partial charge on any atom is 0.251 e. The average Bonchev–Trinajstić information content (AvgIpc) is 3.13. The van der Waals surface area contributed by atoms with E-state index in [0.717, 1.165) is 30.9 Å². The number of fused-ring (bicyclic) bond motifs is 1. The van der Waals surface area contributed by atoms with Crippen LogP contribution in [0.15, 0.2) is 53.5 Å². The van der Waals surface area contributed by atoms with E-state index in [1.165, 1.54) is 11.3 Å². The highest BCUT2D eigenvalue weighted by molar-refractivity contribution is 14.0. The Labute approximate surface area is 184 Å². The molecule has 1 aliphatic rings. The smallest absolute Gasteiger partial charge is 0.251 e. The maximum absolute atomic E-state index is 12.3. The van der Waals surface area contributed by atoms with Gasteiger partial charge in [0.1, 0.15) is 0 Å². The Morgan fingerprint density at radius 3 is 2.75 bits per heavy atom. The molecular weight excluding hydrogens is 463 g/mol. The first-order valence-corrected chi connectivity index (χ1v) is 9.58. The first-order valence-electron chi connectivity index (χ1n) is 9.58. The molecule has 2 N–H and O–H groups in total. The molecule has 0 saturated carbocycles. The van der Waals surface area contributed by atoms with Gasteiger partial charge in [-0.25, -0.2) is 0 Å². The Kier molecular flexibility index (Phi) is 8.29. The summed E-state index contributed by atoms with van der Waals surface area (Å²) < 4.78 is 0. The summed E-state index contributed by atoms with van der Waals surface area (Å²) in [5.74, 6) is 0.832. The molecule has 0 radical (unpaired) electrons. The third-order valence-electron chi connectivity index (χ3n) is 4.98. The monoisotopic (exact) mass is 492 g/mol.